The Morgan fingerprint density at radius 3 is 1.57 bits per heavy atom. The van der Waals surface area contributed by atoms with E-state index < -0.39 is 0 Å². The molecular formula is C44H33NS. The molecule has 0 aliphatic heterocycles. The van der Waals surface area contributed by atoms with Crippen LogP contribution in [0.15, 0.2) is 164 Å². The van der Waals surface area contributed by atoms with Crippen molar-refractivity contribution in [3.05, 3.63) is 175 Å². The predicted molar refractivity (Wildman–Crippen MR) is 200 cm³/mol. The van der Waals surface area contributed by atoms with Gasteiger partial charge >= 0.3 is 0 Å². The minimum absolute atomic E-state index is 1.14. The van der Waals surface area contributed by atoms with Gasteiger partial charge in [-0.25, -0.2) is 0 Å². The van der Waals surface area contributed by atoms with Crippen molar-refractivity contribution in [3.8, 4) is 33.4 Å². The molecule has 220 valence electrons. The van der Waals surface area contributed by atoms with E-state index in [1.165, 1.54) is 70.4 Å². The Morgan fingerprint density at radius 1 is 0.391 bits per heavy atom. The molecule has 0 bridgehead atoms. The van der Waals surface area contributed by atoms with Crippen molar-refractivity contribution < 1.29 is 0 Å². The third kappa shape index (κ3) is 4.98. The van der Waals surface area contributed by atoms with Crippen molar-refractivity contribution in [1.29, 1.82) is 0 Å². The molecule has 0 amide bonds. The second-order valence-electron chi connectivity index (χ2n) is 11.9. The molecule has 0 spiro atoms. The number of aryl methyl sites for hydroxylation is 2. The number of hydrogen-bond acceptors (Lipinski definition) is 2. The lowest BCUT2D eigenvalue weighted by Gasteiger charge is -2.28. The summed E-state index contributed by atoms with van der Waals surface area (Å²) < 4.78 is 2.68. The van der Waals surface area contributed by atoms with Gasteiger partial charge in [-0.3, -0.25) is 0 Å². The number of hydrogen-bond donors (Lipinski definition) is 0. The summed E-state index contributed by atoms with van der Waals surface area (Å²) in [5, 5.41) is 2.64. The maximum absolute atomic E-state index is 2.39. The summed E-state index contributed by atoms with van der Waals surface area (Å²) >= 11 is 1.91. The molecule has 0 fully saturated rings. The zero-order chi connectivity index (χ0) is 31.0. The van der Waals surface area contributed by atoms with Crippen LogP contribution < -0.4 is 4.90 Å². The summed E-state index contributed by atoms with van der Waals surface area (Å²) in [5.41, 5.74) is 13.5. The monoisotopic (exact) mass is 607 g/mol. The first-order valence-corrected chi connectivity index (χ1v) is 16.6. The van der Waals surface area contributed by atoms with Gasteiger partial charge in [0.15, 0.2) is 0 Å². The van der Waals surface area contributed by atoms with E-state index in [2.05, 4.69) is 183 Å². The van der Waals surface area contributed by atoms with E-state index in [9.17, 15) is 0 Å². The molecule has 0 saturated carbocycles. The van der Waals surface area contributed by atoms with Crippen LogP contribution in [0.1, 0.15) is 11.1 Å². The Bertz CT molecular complexity index is 2300. The Kier molecular flexibility index (Phi) is 7.21. The minimum atomic E-state index is 1.14. The number of rotatable bonds is 6. The lowest BCUT2D eigenvalue weighted by molar-refractivity contribution is 1.24. The highest BCUT2D eigenvalue weighted by Gasteiger charge is 2.19. The van der Waals surface area contributed by atoms with Gasteiger partial charge < -0.3 is 4.90 Å². The third-order valence-corrected chi connectivity index (χ3v) is 10.2. The summed E-state index contributed by atoms with van der Waals surface area (Å²) in [6, 6.07) is 59.2. The quantitative estimate of drug-likeness (QED) is 0.182. The number of fused-ring (bicyclic) bond motifs is 3. The zero-order valence-electron chi connectivity index (χ0n) is 25.9. The van der Waals surface area contributed by atoms with E-state index in [1.807, 2.05) is 11.3 Å². The summed E-state index contributed by atoms with van der Waals surface area (Å²) in [4.78, 5) is 2.38. The van der Waals surface area contributed by atoms with Crippen LogP contribution in [0.4, 0.5) is 17.1 Å². The van der Waals surface area contributed by atoms with Crippen LogP contribution in [0.5, 0.6) is 0 Å². The van der Waals surface area contributed by atoms with Crippen molar-refractivity contribution in [3.63, 3.8) is 0 Å². The molecule has 8 rings (SSSR count). The van der Waals surface area contributed by atoms with E-state index in [-0.39, 0.29) is 0 Å². The molecule has 0 radical (unpaired) electrons. The predicted octanol–water partition coefficient (Wildman–Crippen LogP) is 13.1. The fraction of sp³-hybridized carbons (Fsp3) is 0.0455. The van der Waals surface area contributed by atoms with Crippen LogP contribution in [0.2, 0.25) is 0 Å². The van der Waals surface area contributed by atoms with Gasteiger partial charge in [-0.2, -0.15) is 0 Å². The highest BCUT2D eigenvalue weighted by atomic mass is 32.1. The highest BCUT2D eigenvalue weighted by molar-refractivity contribution is 7.26. The molecular weight excluding hydrogens is 575 g/mol. The minimum Gasteiger partial charge on any atom is -0.310 e. The first-order chi connectivity index (χ1) is 22.7. The van der Waals surface area contributed by atoms with Gasteiger partial charge in [0.1, 0.15) is 0 Å². The number of para-hydroxylation sites is 1. The molecule has 8 aromatic rings. The number of anilines is 3. The maximum Gasteiger partial charge on any atom is 0.0493 e. The van der Waals surface area contributed by atoms with Crippen LogP contribution in [0.3, 0.4) is 0 Å². The van der Waals surface area contributed by atoms with Crippen molar-refractivity contribution in [1.82, 2.24) is 0 Å². The van der Waals surface area contributed by atoms with Gasteiger partial charge in [-0.15, -0.1) is 11.3 Å². The number of nitrogens with zero attached hydrogens (tertiary/aromatic N) is 1. The molecule has 1 heterocycles. The van der Waals surface area contributed by atoms with Crippen molar-refractivity contribution >= 4 is 48.6 Å². The smallest absolute Gasteiger partial charge is 0.0493 e. The first-order valence-electron chi connectivity index (χ1n) is 15.8. The molecule has 1 aromatic heterocycles. The average Bonchev–Trinajstić information content (AvgIpc) is 3.51. The largest absolute Gasteiger partial charge is 0.310 e. The van der Waals surface area contributed by atoms with Gasteiger partial charge in [-0.05, 0) is 94.8 Å². The topological polar surface area (TPSA) is 3.24 Å². The molecule has 0 unspecified atom stereocenters. The van der Waals surface area contributed by atoms with Crippen molar-refractivity contribution in [2.24, 2.45) is 0 Å². The standard InChI is InChI=1S/C44H33NS/c1-30-29-42(45(35-18-10-5-11-19-35)36-26-24-33(25-27-36)32-14-6-3-7-15-32)31(2)28-41(30)40-23-13-22-39-38-21-12-20-37(43(38)46-44(39)40)34-16-8-4-9-17-34/h3-29H,1-2H3. The Balaban J connectivity index is 1.25. The van der Waals surface area contributed by atoms with Gasteiger partial charge in [0.25, 0.3) is 0 Å². The summed E-state index contributed by atoms with van der Waals surface area (Å²) in [7, 11) is 0. The van der Waals surface area contributed by atoms with Crippen LogP contribution in [-0.2, 0) is 0 Å². The Hall–Kier alpha value is -5.44. The van der Waals surface area contributed by atoms with Crippen molar-refractivity contribution in [2.75, 3.05) is 4.90 Å². The number of thiophene rings is 1. The molecule has 0 atom stereocenters. The summed E-state index contributed by atoms with van der Waals surface area (Å²) in [6.07, 6.45) is 0. The average molecular weight is 608 g/mol. The second kappa shape index (κ2) is 11.8. The second-order valence-corrected chi connectivity index (χ2v) is 12.9. The van der Waals surface area contributed by atoms with Crippen LogP contribution >= 0.6 is 11.3 Å². The molecule has 2 heteroatoms. The highest BCUT2D eigenvalue weighted by Crippen LogP contribution is 2.46. The molecule has 0 aliphatic rings. The SMILES string of the molecule is Cc1cc(N(c2ccccc2)c2ccc(-c3ccccc3)cc2)c(C)cc1-c1cccc2c1sc1c(-c3ccccc3)cccc12. The van der Waals surface area contributed by atoms with Gasteiger partial charge in [-0.1, -0.05) is 127 Å². The molecule has 0 saturated heterocycles. The lowest BCUT2D eigenvalue weighted by Crippen LogP contribution is -2.11. The fourth-order valence-electron chi connectivity index (χ4n) is 6.65. The van der Waals surface area contributed by atoms with E-state index in [0.717, 1.165) is 11.4 Å². The molecule has 7 aromatic carbocycles. The van der Waals surface area contributed by atoms with Crippen molar-refractivity contribution in [2.45, 2.75) is 13.8 Å². The lowest BCUT2D eigenvalue weighted by atomic mass is 9.95. The Labute approximate surface area is 274 Å². The van der Waals surface area contributed by atoms with Crippen LogP contribution in [0.25, 0.3) is 53.6 Å². The van der Waals surface area contributed by atoms with Crippen LogP contribution in [-0.4, -0.2) is 0 Å². The van der Waals surface area contributed by atoms with Crippen LogP contribution in [0, 0.1) is 13.8 Å². The number of benzene rings is 7. The maximum atomic E-state index is 2.39. The van der Waals surface area contributed by atoms with E-state index in [1.54, 1.807) is 0 Å². The van der Waals surface area contributed by atoms with E-state index in [0.29, 0.717) is 0 Å². The fourth-order valence-corrected chi connectivity index (χ4v) is 8.01. The molecule has 46 heavy (non-hydrogen) atoms. The van der Waals surface area contributed by atoms with E-state index >= 15 is 0 Å². The zero-order valence-corrected chi connectivity index (χ0v) is 26.8. The van der Waals surface area contributed by atoms with E-state index in [4.69, 9.17) is 0 Å². The third-order valence-electron chi connectivity index (χ3n) is 8.93. The van der Waals surface area contributed by atoms with Gasteiger partial charge in [0.2, 0.25) is 0 Å². The normalized spacial score (nSPS) is 11.3. The molecule has 1 nitrogen and oxygen atoms in total. The van der Waals surface area contributed by atoms with Gasteiger partial charge in [0.05, 0.1) is 0 Å². The Morgan fingerprint density at radius 2 is 0.913 bits per heavy atom. The molecule has 0 aliphatic carbocycles. The summed E-state index contributed by atoms with van der Waals surface area (Å²) in [5.74, 6) is 0. The van der Waals surface area contributed by atoms with Gasteiger partial charge in [0, 0.05) is 37.2 Å². The molecule has 0 N–H and O–H groups in total. The summed E-state index contributed by atoms with van der Waals surface area (Å²) in [6.45, 7) is 4.49. The first kappa shape index (κ1) is 28.1.